The van der Waals surface area contributed by atoms with E-state index in [2.05, 4.69) is 82.6 Å². The van der Waals surface area contributed by atoms with E-state index in [1.54, 1.807) is 0 Å². The van der Waals surface area contributed by atoms with Gasteiger partial charge in [-0.1, -0.05) is 66.7 Å². The molecule has 2 saturated carbocycles. The van der Waals surface area contributed by atoms with Crippen LogP contribution < -0.4 is 0 Å². The van der Waals surface area contributed by atoms with Gasteiger partial charge < -0.3 is 9.84 Å². The maximum atomic E-state index is 10.8. The number of nitrogens with zero attached hydrogens (tertiary/aromatic N) is 2. The number of hydrogen-bond donors (Lipinski definition) is 1. The van der Waals surface area contributed by atoms with Crippen LogP contribution in [0.2, 0.25) is 0 Å². The summed E-state index contributed by atoms with van der Waals surface area (Å²) in [6.45, 7) is 3.39. The van der Waals surface area contributed by atoms with Gasteiger partial charge in [0.1, 0.15) is 5.75 Å². The molecule has 0 unspecified atom stereocenters. The van der Waals surface area contributed by atoms with Gasteiger partial charge in [0.25, 0.3) is 0 Å². The molecule has 4 nitrogen and oxygen atoms in total. The Kier molecular flexibility index (Phi) is 4.85. The lowest BCUT2D eigenvalue weighted by Crippen LogP contribution is -2.74. The van der Waals surface area contributed by atoms with Crippen LogP contribution in [0.1, 0.15) is 60.4 Å². The molecule has 9 rings (SSSR count). The third-order valence-electron chi connectivity index (χ3n) is 11.6. The van der Waals surface area contributed by atoms with E-state index in [1.807, 2.05) is 6.07 Å². The summed E-state index contributed by atoms with van der Waals surface area (Å²) in [6, 6.07) is 29.7. The smallest absolute Gasteiger partial charge is 0.115 e. The topological polar surface area (TPSA) is 35.9 Å². The number of likely N-dealkylation sites (tertiary alicyclic amines) is 2. The van der Waals surface area contributed by atoms with Crippen molar-refractivity contribution < 1.29 is 9.84 Å². The number of hydrogen-bond acceptors (Lipinski definition) is 4. The summed E-state index contributed by atoms with van der Waals surface area (Å²) in [4.78, 5) is 5.64. The lowest BCUT2D eigenvalue weighted by atomic mass is 9.46. The van der Waals surface area contributed by atoms with Crippen LogP contribution in [0.4, 0.5) is 0 Å². The number of fused-ring (bicyclic) bond motifs is 1. The Bertz CT molecular complexity index is 1370. The molecule has 3 heterocycles. The number of ether oxygens (including phenoxy) is 1. The molecular formula is C35H38N2O2. The molecule has 1 N–H and O–H groups in total. The summed E-state index contributed by atoms with van der Waals surface area (Å²) in [5.41, 5.74) is 5.49. The molecule has 5 fully saturated rings. The molecule has 3 aliphatic heterocycles. The fraction of sp³-hybridized carbons (Fsp3) is 0.486. The van der Waals surface area contributed by atoms with E-state index in [0.717, 1.165) is 38.3 Å². The molecule has 3 saturated heterocycles. The van der Waals surface area contributed by atoms with Crippen molar-refractivity contribution in [2.75, 3.05) is 19.6 Å². The first kappa shape index (κ1) is 23.1. The van der Waals surface area contributed by atoms with Crippen LogP contribution in [0.25, 0.3) is 0 Å². The van der Waals surface area contributed by atoms with Crippen molar-refractivity contribution in [1.29, 1.82) is 0 Å². The Labute approximate surface area is 231 Å². The van der Waals surface area contributed by atoms with Gasteiger partial charge in [0.05, 0.1) is 17.7 Å². The standard InChI is InChI=1S/C35H38N2O2/c38-27-14-13-26-19-31-35-16-15-29-32(34(35,28(26)20-27)17-18-36(31)21-23-11-12-23)30(39-35)22-37(29)33(24-7-3-1-4-8-24)25-9-5-2-6-10-25/h1-10,13-14,20,23,29-33,38H,11-12,15-19,21-22H2/t29-,30-,31-,32+,34+,35-/m1/s1. The average Bonchev–Trinajstić information content (AvgIpc) is 3.67. The van der Waals surface area contributed by atoms with Crippen molar-refractivity contribution in [2.24, 2.45) is 11.8 Å². The van der Waals surface area contributed by atoms with E-state index in [1.165, 1.54) is 48.1 Å². The lowest BCUT2D eigenvalue weighted by molar-refractivity contribution is -0.175. The zero-order chi connectivity index (χ0) is 25.8. The van der Waals surface area contributed by atoms with Crippen molar-refractivity contribution in [3.05, 3.63) is 101 Å². The predicted octanol–water partition coefficient (Wildman–Crippen LogP) is 5.69. The fourth-order valence-corrected chi connectivity index (χ4v) is 10.2. The minimum absolute atomic E-state index is 0.00962. The molecule has 0 amide bonds. The van der Waals surface area contributed by atoms with Gasteiger partial charge in [-0.15, -0.1) is 0 Å². The third kappa shape index (κ3) is 3.06. The zero-order valence-electron chi connectivity index (χ0n) is 22.6. The molecule has 0 spiro atoms. The first-order valence-corrected chi connectivity index (χ1v) is 15.3. The molecule has 0 radical (unpaired) electrons. The Hall–Kier alpha value is -2.66. The maximum Gasteiger partial charge on any atom is 0.115 e. The molecule has 200 valence electrons. The van der Waals surface area contributed by atoms with Crippen LogP contribution in [0.5, 0.6) is 5.75 Å². The molecule has 39 heavy (non-hydrogen) atoms. The van der Waals surface area contributed by atoms with E-state index < -0.39 is 0 Å². The van der Waals surface area contributed by atoms with E-state index >= 15 is 0 Å². The highest BCUT2D eigenvalue weighted by Gasteiger charge is 2.78. The monoisotopic (exact) mass is 518 g/mol. The van der Waals surface area contributed by atoms with Crippen molar-refractivity contribution in [3.8, 4) is 5.75 Å². The summed E-state index contributed by atoms with van der Waals surface area (Å²) in [5.74, 6) is 1.77. The van der Waals surface area contributed by atoms with E-state index in [0.29, 0.717) is 23.8 Å². The summed E-state index contributed by atoms with van der Waals surface area (Å²) >= 11 is 0. The number of rotatable bonds is 5. The second kappa shape index (κ2) is 8.19. The van der Waals surface area contributed by atoms with Crippen molar-refractivity contribution in [3.63, 3.8) is 0 Å². The second-order valence-electron chi connectivity index (χ2n) is 13.3. The minimum atomic E-state index is -0.117. The zero-order valence-corrected chi connectivity index (χ0v) is 22.6. The normalized spacial score (nSPS) is 36.6. The molecule has 4 bridgehead atoms. The Morgan fingerprint density at radius 3 is 2.36 bits per heavy atom. The van der Waals surface area contributed by atoms with Crippen molar-refractivity contribution in [2.45, 2.75) is 73.8 Å². The van der Waals surface area contributed by atoms with Gasteiger partial charge in [0.2, 0.25) is 0 Å². The van der Waals surface area contributed by atoms with E-state index in [9.17, 15) is 5.11 Å². The molecule has 0 aromatic heterocycles. The maximum absolute atomic E-state index is 10.8. The number of phenolic OH excluding ortho intramolecular Hbond substituents is 1. The van der Waals surface area contributed by atoms with Gasteiger partial charge in [0, 0.05) is 36.5 Å². The fourth-order valence-electron chi connectivity index (χ4n) is 10.2. The van der Waals surface area contributed by atoms with E-state index in [4.69, 9.17) is 4.74 Å². The molecule has 6 atom stereocenters. The largest absolute Gasteiger partial charge is 0.508 e. The first-order valence-electron chi connectivity index (χ1n) is 15.3. The number of aromatic hydroxyl groups is 1. The van der Waals surface area contributed by atoms with E-state index in [-0.39, 0.29) is 23.2 Å². The quantitative estimate of drug-likeness (QED) is 0.471. The second-order valence-corrected chi connectivity index (χ2v) is 13.3. The summed E-state index contributed by atoms with van der Waals surface area (Å²) in [5, 5.41) is 10.8. The van der Waals surface area contributed by atoms with Gasteiger partial charge >= 0.3 is 0 Å². The third-order valence-corrected chi connectivity index (χ3v) is 11.6. The highest BCUT2D eigenvalue weighted by atomic mass is 16.5. The van der Waals surface area contributed by atoms with Crippen molar-refractivity contribution >= 4 is 0 Å². The molecule has 3 aromatic rings. The SMILES string of the molecule is Oc1ccc2c(c1)[C@]13CCN(CC4CC4)[C@H](C2)[C@]12CC[C@@H]1[C@H]3[C@@H](CN1C(c1ccccc1)c1ccccc1)O2. The lowest BCUT2D eigenvalue weighted by Gasteiger charge is -2.65. The van der Waals surface area contributed by atoms with Crippen LogP contribution in [0.15, 0.2) is 78.9 Å². The Balaban J connectivity index is 1.18. The summed E-state index contributed by atoms with van der Waals surface area (Å²) < 4.78 is 7.54. The summed E-state index contributed by atoms with van der Waals surface area (Å²) in [6.07, 6.45) is 7.57. The molecule has 6 aliphatic rings. The minimum Gasteiger partial charge on any atom is -0.508 e. The molecular weight excluding hydrogens is 480 g/mol. The van der Waals surface area contributed by atoms with Crippen LogP contribution in [-0.2, 0) is 16.6 Å². The van der Waals surface area contributed by atoms with Gasteiger partial charge in [0.15, 0.2) is 0 Å². The average molecular weight is 519 g/mol. The number of piperidine rings is 1. The number of phenols is 1. The highest BCUT2D eigenvalue weighted by molar-refractivity contribution is 5.52. The predicted molar refractivity (Wildman–Crippen MR) is 152 cm³/mol. The van der Waals surface area contributed by atoms with Crippen LogP contribution in [0, 0.1) is 11.8 Å². The summed E-state index contributed by atoms with van der Waals surface area (Å²) in [7, 11) is 0. The van der Waals surface area contributed by atoms with Crippen LogP contribution >= 0.6 is 0 Å². The Morgan fingerprint density at radius 2 is 1.64 bits per heavy atom. The first-order chi connectivity index (χ1) is 19.2. The van der Waals surface area contributed by atoms with Gasteiger partial charge in [-0.3, -0.25) is 9.80 Å². The van der Waals surface area contributed by atoms with Gasteiger partial charge in [-0.05, 0) is 85.4 Å². The Morgan fingerprint density at radius 1 is 0.897 bits per heavy atom. The molecule has 4 heteroatoms. The highest BCUT2D eigenvalue weighted by Crippen LogP contribution is 2.70. The number of benzene rings is 3. The van der Waals surface area contributed by atoms with Crippen molar-refractivity contribution in [1.82, 2.24) is 9.80 Å². The van der Waals surface area contributed by atoms with Crippen LogP contribution in [0.3, 0.4) is 0 Å². The van der Waals surface area contributed by atoms with Gasteiger partial charge in [-0.2, -0.15) is 0 Å². The van der Waals surface area contributed by atoms with Gasteiger partial charge in [-0.25, -0.2) is 0 Å². The molecule has 3 aliphatic carbocycles. The van der Waals surface area contributed by atoms with Crippen LogP contribution in [-0.4, -0.2) is 58.3 Å². The molecule has 3 aromatic carbocycles.